The lowest BCUT2D eigenvalue weighted by Crippen LogP contribution is -2.11. The largest absolute Gasteiger partial charge is 0.484 e. The Balaban J connectivity index is 2.09. The summed E-state index contributed by atoms with van der Waals surface area (Å²) in [6.07, 6.45) is 0. The first-order valence-corrected chi connectivity index (χ1v) is 6.79. The molecule has 0 fully saturated rings. The van der Waals surface area contributed by atoms with Gasteiger partial charge in [-0.2, -0.15) is 5.26 Å². The maximum absolute atomic E-state index is 11.9. The summed E-state index contributed by atoms with van der Waals surface area (Å²) in [6, 6.07) is 10.2. The minimum absolute atomic E-state index is 0.189. The molecule has 0 saturated carbocycles. The zero-order chi connectivity index (χ0) is 13.8. The topological polar surface area (TPSA) is 50.1 Å². The van der Waals surface area contributed by atoms with Crippen LogP contribution in [0.3, 0.4) is 0 Å². The van der Waals surface area contributed by atoms with Crippen LogP contribution in [0.2, 0.25) is 8.67 Å². The van der Waals surface area contributed by atoms with Crippen molar-refractivity contribution in [1.82, 2.24) is 0 Å². The molecule has 1 aromatic heterocycles. The molecular formula is C13H7Cl2NO2S. The molecule has 1 aromatic carbocycles. The third-order valence-corrected chi connectivity index (χ3v) is 3.81. The van der Waals surface area contributed by atoms with Crippen LogP contribution in [0.1, 0.15) is 15.9 Å². The predicted octanol–water partition coefficient (Wildman–Crippen LogP) is 4.19. The van der Waals surface area contributed by atoms with Gasteiger partial charge < -0.3 is 4.74 Å². The van der Waals surface area contributed by atoms with Gasteiger partial charge in [-0.1, -0.05) is 35.3 Å². The molecule has 2 rings (SSSR count). The second kappa shape index (κ2) is 6.07. The number of ketones is 1. The lowest BCUT2D eigenvalue weighted by molar-refractivity contribution is 0.0922. The van der Waals surface area contributed by atoms with Gasteiger partial charge in [0, 0.05) is 0 Å². The van der Waals surface area contributed by atoms with Crippen molar-refractivity contribution in [3.8, 4) is 11.8 Å². The van der Waals surface area contributed by atoms with Crippen LogP contribution in [-0.4, -0.2) is 12.4 Å². The lowest BCUT2D eigenvalue weighted by atomic mass is 10.2. The number of nitrogens with zero attached hydrogens (tertiary/aromatic N) is 1. The van der Waals surface area contributed by atoms with Crippen LogP contribution >= 0.6 is 34.5 Å². The normalized spacial score (nSPS) is 9.95. The molecule has 0 saturated heterocycles. The van der Waals surface area contributed by atoms with Crippen LogP contribution in [-0.2, 0) is 0 Å². The second-order valence-corrected chi connectivity index (χ2v) is 5.84. The van der Waals surface area contributed by atoms with E-state index in [1.54, 1.807) is 24.3 Å². The number of carbonyl (C=O) groups is 1. The van der Waals surface area contributed by atoms with Crippen LogP contribution < -0.4 is 4.74 Å². The Morgan fingerprint density at radius 3 is 2.74 bits per heavy atom. The fourth-order valence-electron chi connectivity index (χ4n) is 1.44. The molecule has 0 spiro atoms. The number of hydrogen-bond acceptors (Lipinski definition) is 4. The van der Waals surface area contributed by atoms with Gasteiger partial charge in [0.25, 0.3) is 0 Å². The number of hydrogen-bond donors (Lipinski definition) is 0. The summed E-state index contributed by atoms with van der Waals surface area (Å²) in [5, 5.41) is 8.90. The molecule has 0 amide bonds. The fourth-order valence-corrected chi connectivity index (χ4v) is 2.94. The minimum atomic E-state index is -0.277. The van der Waals surface area contributed by atoms with Gasteiger partial charge >= 0.3 is 0 Å². The van der Waals surface area contributed by atoms with Crippen molar-refractivity contribution >= 4 is 40.3 Å². The highest BCUT2D eigenvalue weighted by molar-refractivity contribution is 7.20. The first-order valence-electron chi connectivity index (χ1n) is 5.21. The number of para-hydroxylation sites is 1. The van der Waals surface area contributed by atoms with Crippen molar-refractivity contribution in [3.63, 3.8) is 0 Å². The van der Waals surface area contributed by atoms with Gasteiger partial charge in [0.05, 0.1) is 15.5 Å². The van der Waals surface area contributed by atoms with E-state index in [2.05, 4.69) is 0 Å². The van der Waals surface area contributed by atoms with E-state index in [1.165, 1.54) is 6.07 Å². The van der Waals surface area contributed by atoms with Crippen LogP contribution in [0.5, 0.6) is 5.75 Å². The summed E-state index contributed by atoms with van der Waals surface area (Å²) in [5.74, 6) is 0.0942. The molecule has 0 aliphatic carbocycles. The highest BCUT2D eigenvalue weighted by atomic mass is 35.5. The van der Waals surface area contributed by atoms with Crippen molar-refractivity contribution in [2.45, 2.75) is 0 Å². The molecular weight excluding hydrogens is 305 g/mol. The van der Waals surface area contributed by atoms with Gasteiger partial charge in [-0.15, -0.1) is 11.3 Å². The smallest absolute Gasteiger partial charge is 0.202 e. The minimum Gasteiger partial charge on any atom is -0.484 e. The monoisotopic (exact) mass is 311 g/mol. The van der Waals surface area contributed by atoms with Crippen LogP contribution in [0.15, 0.2) is 30.3 Å². The van der Waals surface area contributed by atoms with Crippen molar-refractivity contribution in [1.29, 1.82) is 5.26 Å². The van der Waals surface area contributed by atoms with Crippen LogP contribution in [0, 0.1) is 11.3 Å². The number of thiophene rings is 1. The van der Waals surface area contributed by atoms with E-state index >= 15 is 0 Å². The molecule has 96 valence electrons. The molecule has 1 heterocycles. The van der Waals surface area contributed by atoms with E-state index in [9.17, 15) is 4.79 Å². The summed E-state index contributed by atoms with van der Waals surface area (Å²) < 4.78 is 6.13. The van der Waals surface area contributed by atoms with Gasteiger partial charge in [-0.05, 0) is 18.2 Å². The number of rotatable bonds is 4. The molecule has 0 N–H and O–H groups in total. The quantitative estimate of drug-likeness (QED) is 0.795. The molecule has 0 atom stereocenters. The number of Topliss-reactive ketones (excluding diaryl/α,β-unsaturated/α-hetero) is 1. The van der Waals surface area contributed by atoms with Crippen LogP contribution in [0.4, 0.5) is 0 Å². The van der Waals surface area contributed by atoms with Gasteiger partial charge in [0.2, 0.25) is 5.78 Å². The number of ether oxygens (including phenoxy) is 1. The lowest BCUT2D eigenvalue weighted by Gasteiger charge is -2.06. The fraction of sp³-hybridized carbons (Fsp3) is 0.0769. The van der Waals surface area contributed by atoms with Crippen molar-refractivity contribution in [3.05, 3.63) is 50.1 Å². The number of halogens is 2. The standard InChI is InChI=1S/C13H7Cl2NO2S/c14-12-5-9(13(15)19-12)10(17)7-18-11-4-2-1-3-8(11)6-16/h1-5H,7H2. The Hall–Kier alpha value is -1.54. The highest BCUT2D eigenvalue weighted by Crippen LogP contribution is 2.31. The average molecular weight is 312 g/mol. The zero-order valence-corrected chi connectivity index (χ0v) is 11.9. The molecule has 0 unspecified atom stereocenters. The summed E-state index contributed by atoms with van der Waals surface area (Å²) in [7, 11) is 0. The van der Waals surface area contributed by atoms with Crippen molar-refractivity contribution < 1.29 is 9.53 Å². The van der Waals surface area contributed by atoms with Gasteiger partial charge in [0.15, 0.2) is 6.61 Å². The number of carbonyl (C=O) groups excluding carboxylic acids is 1. The van der Waals surface area contributed by atoms with Gasteiger partial charge in [-0.3, -0.25) is 4.79 Å². The Morgan fingerprint density at radius 2 is 2.11 bits per heavy atom. The molecule has 19 heavy (non-hydrogen) atoms. The molecule has 0 aliphatic rings. The molecule has 0 radical (unpaired) electrons. The average Bonchev–Trinajstić information content (AvgIpc) is 2.75. The van der Waals surface area contributed by atoms with Gasteiger partial charge in [-0.25, -0.2) is 0 Å². The first-order chi connectivity index (χ1) is 9.11. The summed E-state index contributed by atoms with van der Waals surface area (Å²) in [5.41, 5.74) is 0.718. The maximum atomic E-state index is 11.9. The molecule has 0 aliphatic heterocycles. The highest BCUT2D eigenvalue weighted by Gasteiger charge is 2.15. The Kier molecular flexibility index (Phi) is 4.43. The van der Waals surface area contributed by atoms with Crippen molar-refractivity contribution in [2.75, 3.05) is 6.61 Å². The Labute approximate surface area is 123 Å². The molecule has 0 bridgehead atoms. The van der Waals surface area contributed by atoms with E-state index in [0.29, 0.717) is 25.5 Å². The van der Waals surface area contributed by atoms with Gasteiger partial charge in [0.1, 0.15) is 16.2 Å². The third kappa shape index (κ3) is 3.27. The third-order valence-electron chi connectivity index (χ3n) is 2.32. The second-order valence-electron chi connectivity index (χ2n) is 3.56. The summed E-state index contributed by atoms with van der Waals surface area (Å²) >= 11 is 12.8. The van der Waals surface area contributed by atoms with E-state index in [-0.39, 0.29) is 12.4 Å². The molecule has 6 heteroatoms. The van der Waals surface area contributed by atoms with E-state index < -0.39 is 0 Å². The first kappa shape index (κ1) is 13.9. The zero-order valence-electron chi connectivity index (χ0n) is 9.52. The van der Waals surface area contributed by atoms with E-state index in [0.717, 1.165) is 11.3 Å². The van der Waals surface area contributed by atoms with E-state index in [1.807, 2.05) is 6.07 Å². The summed E-state index contributed by atoms with van der Waals surface area (Å²) in [6.45, 7) is -0.189. The maximum Gasteiger partial charge on any atom is 0.202 e. The summed E-state index contributed by atoms with van der Waals surface area (Å²) in [4.78, 5) is 11.9. The van der Waals surface area contributed by atoms with Crippen molar-refractivity contribution in [2.24, 2.45) is 0 Å². The number of nitriles is 1. The Morgan fingerprint density at radius 1 is 1.37 bits per heavy atom. The van der Waals surface area contributed by atoms with Crippen LogP contribution in [0.25, 0.3) is 0 Å². The number of benzene rings is 1. The predicted molar refractivity (Wildman–Crippen MR) is 75.3 cm³/mol. The molecule has 3 nitrogen and oxygen atoms in total. The SMILES string of the molecule is N#Cc1ccccc1OCC(=O)c1cc(Cl)sc1Cl. The Bertz CT molecular complexity index is 661. The van der Waals surface area contributed by atoms with E-state index in [4.69, 9.17) is 33.2 Å². The molecule has 2 aromatic rings.